The molecule has 0 radical (unpaired) electrons. The maximum absolute atomic E-state index is 12.9. The van der Waals surface area contributed by atoms with Gasteiger partial charge in [0.25, 0.3) is 5.91 Å². The second kappa shape index (κ2) is 9.51. The maximum Gasteiger partial charge on any atom is 0.283 e. The Balaban J connectivity index is 1.41. The van der Waals surface area contributed by atoms with Crippen molar-refractivity contribution >= 4 is 45.7 Å². The number of fused-ring (bicyclic) bond motifs is 1. The van der Waals surface area contributed by atoms with Crippen molar-refractivity contribution in [1.29, 1.82) is 5.41 Å². The summed E-state index contributed by atoms with van der Waals surface area (Å²) in [5, 5.41) is 15.3. The summed E-state index contributed by atoms with van der Waals surface area (Å²) in [4.78, 5) is 31.5. The van der Waals surface area contributed by atoms with Gasteiger partial charge in [0.2, 0.25) is 11.1 Å². The highest BCUT2D eigenvalue weighted by Gasteiger charge is 2.36. The number of benzene rings is 1. The molecule has 186 valence electrons. The smallest absolute Gasteiger partial charge is 0.283 e. The number of hydrogen-bond acceptors (Lipinski definition) is 6. The number of rotatable bonds is 4. The minimum Gasteiger partial charge on any atom is -0.378 e. The number of nitrogens with one attached hydrogen (secondary N) is 1. The van der Waals surface area contributed by atoms with Crippen molar-refractivity contribution in [1.82, 2.24) is 14.5 Å². The molecule has 0 atom stereocenters. The zero-order chi connectivity index (χ0) is 25.6. The van der Waals surface area contributed by atoms with Gasteiger partial charge in [-0.2, -0.15) is 15.1 Å². The van der Waals surface area contributed by atoms with Gasteiger partial charge in [0.05, 0.1) is 25.2 Å². The minimum atomic E-state index is -0.481. The SMILES string of the molecule is Cc1ccc(-n2c(C)cc(C=C3C(=N)N4N=C(CC(=O)N5CCOCC5)SC4=NC3=O)c2C)c(C)c1. The van der Waals surface area contributed by atoms with E-state index in [1.165, 1.54) is 22.3 Å². The topological polar surface area (TPSA) is 103 Å². The third-order valence-electron chi connectivity index (χ3n) is 6.53. The van der Waals surface area contributed by atoms with Crippen molar-refractivity contribution in [2.75, 3.05) is 26.3 Å². The molecule has 1 N–H and O–H groups in total. The molecule has 0 aliphatic carbocycles. The van der Waals surface area contributed by atoms with Gasteiger partial charge >= 0.3 is 0 Å². The number of morpholine rings is 1. The molecule has 0 saturated carbocycles. The second-order valence-electron chi connectivity index (χ2n) is 9.14. The number of ether oxygens (including phenoxy) is 1. The summed E-state index contributed by atoms with van der Waals surface area (Å²) in [6.45, 7) is 10.4. The Hall–Kier alpha value is -3.50. The molecule has 1 aromatic carbocycles. The van der Waals surface area contributed by atoms with E-state index in [0.717, 1.165) is 28.2 Å². The number of aromatic nitrogens is 1. The van der Waals surface area contributed by atoms with Gasteiger partial charge in [0.1, 0.15) is 5.04 Å². The van der Waals surface area contributed by atoms with Crippen LogP contribution < -0.4 is 0 Å². The Kier molecular flexibility index (Phi) is 6.40. The van der Waals surface area contributed by atoms with Crippen molar-refractivity contribution in [2.45, 2.75) is 34.1 Å². The van der Waals surface area contributed by atoms with Crippen LogP contribution in [0.1, 0.15) is 34.5 Å². The molecule has 0 unspecified atom stereocenters. The Morgan fingerprint density at radius 2 is 1.92 bits per heavy atom. The first kappa shape index (κ1) is 24.2. The molecule has 3 aliphatic heterocycles. The molecule has 1 aromatic heterocycles. The summed E-state index contributed by atoms with van der Waals surface area (Å²) in [7, 11) is 0. The van der Waals surface area contributed by atoms with E-state index in [1.807, 2.05) is 19.9 Å². The first-order chi connectivity index (χ1) is 17.2. The quantitative estimate of drug-likeness (QED) is 0.641. The standard InChI is InChI=1S/C26H28N6O3S/c1-15-5-6-21(16(2)11-15)31-17(3)12-19(18(31)4)13-20-24(27)32-26(28-25(20)34)36-22(29-32)14-23(33)30-7-9-35-10-8-30/h5-6,11-13,27H,7-10,14H2,1-4H3. The summed E-state index contributed by atoms with van der Waals surface area (Å²) in [5.41, 5.74) is 6.46. The van der Waals surface area contributed by atoms with E-state index in [1.54, 1.807) is 11.0 Å². The van der Waals surface area contributed by atoms with Crippen molar-refractivity contribution in [2.24, 2.45) is 10.1 Å². The van der Waals surface area contributed by atoms with Crippen LogP contribution in [0.5, 0.6) is 0 Å². The number of amides is 2. The maximum atomic E-state index is 12.9. The number of carbonyl (C=O) groups is 2. The molecule has 1 saturated heterocycles. The molecule has 9 nitrogen and oxygen atoms in total. The zero-order valence-corrected chi connectivity index (χ0v) is 21.6. The molecule has 3 aliphatic rings. The van der Waals surface area contributed by atoms with Gasteiger partial charge in [-0.25, -0.2) is 0 Å². The number of thioether (sulfide) groups is 1. The predicted molar refractivity (Wildman–Crippen MR) is 142 cm³/mol. The monoisotopic (exact) mass is 504 g/mol. The number of aryl methyl sites for hydroxylation is 3. The van der Waals surface area contributed by atoms with Crippen LogP contribution in [0.2, 0.25) is 0 Å². The zero-order valence-electron chi connectivity index (χ0n) is 20.8. The number of amidine groups is 2. The lowest BCUT2D eigenvalue weighted by Gasteiger charge is -2.26. The molecule has 10 heteroatoms. The first-order valence-corrected chi connectivity index (χ1v) is 12.7. The predicted octanol–water partition coefficient (Wildman–Crippen LogP) is 3.58. The molecule has 36 heavy (non-hydrogen) atoms. The van der Waals surface area contributed by atoms with Crippen LogP contribution in [0.4, 0.5) is 0 Å². The third kappa shape index (κ3) is 4.42. The molecule has 0 spiro atoms. The Morgan fingerprint density at radius 1 is 1.17 bits per heavy atom. The lowest BCUT2D eigenvalue weighted by molar-refractivity contribution is -0.133. The molecule has 5 rings (SSSR count). The average molecular weight is 505 g/mol. The first-order valence-electron chi connectivity index (χ1n) is 11.8. The van der Waals surface area contributed by atoms with E-state index in [2.05, 4.69) is 46.7 Å². The molecule has 1 fully saturated rings. The lowest BCUT2D eigenvalue weighted by atomic mass is 10.1. The van der Waals surface area contributed by atoms with Crippen LogP contribution in [-0.4, -0.2) is 68.6 Å². The van der Waals surface area contributed by atoms with E-state index in [0.29, 0.717) is 36.5 Å². The number of hydrogen-bond donors (Lipinski definition) is 1. The molecule has 0 bridgehead atoms. The highest BCUT2D eigenvalue weighted by molar-refractivity contribution is 8.27. The highest BCUT2D eigenvalue weighted by atomic mass is 32.2. The van der Waals surface area contributed by atoms with Crippen LogP contribution in [0.3, 0.4) is 0 Å². The molecular weight excluding hydrogens is 476 g/mol. The normalized spacial score (nSPS) is 19.1. The Morgan fingerprint density at radius 3 is 2.64 bits per heavy atom. The van der Waals surface area contributed by atoms with Crippen LogP contribution in [0.15, 0.2) is 39.9 Å². The lowest BCUT2D eigenvalue weighted by Crippen LogP contribution is -2.41. The van der Waals surface area contributed by atoms with Crippen LogP contribution >= 0.6 is 11.8 Å². The summed E-state index contributed by atoms with van der Waals surface area (Å²) in [6, 6.07) is 8.34. The fourth-order valence-electron chi connectivity index (χ4n) is 4.67. The van der Waals surface area contributed by atoms with E-state index in [9.17, 15) is 9.59 Å². The second-order valence-corrected chi connectivity index (χ2v) is 10.2. The summed E-state index contributed by atoms with van der Waals surface area (Å²) in [5.74, 6) is -0.564. The molecular formula is C26H28N6O3S. The number of aliphatic imine (C=N–C) groups is 1. The van der Waals surface area contributed by atoms with Crippen LogP contribution in [0.25, 0.3) is 11.8 Å². The van der Waals surface area contributed by atoms with Crippen molar-refractivity contribution < 1.29 is 14.3 Å². The van der Waals surface area contributed by atoms with Crippen LogP contribution in [0, 0.1) is 33.1 Å². The van der Waals surface area contributed by atoms with Crippen molar-refractivity contribution in [3.63, 3.8) is 0 Å². The van der Waals surface area contributed by atoms with Gasteiger partial charge in [-0.1, -0.05) is 17.7 Å². The summed E-state index contributed by atoms with van der Waals surface area (Å²) < 4.78 is 7.46. The minimum absolute atomic E-state index is 0.0392. The van der Waals surface area contributed by atoms with E-state index in [-0.39, 0.29) is 23.7 Å². The van der Waals surface area contributed by atoms with Crippen molar-refractivity contribution in [3.8, 4) is 5.69 Å². The number of nitrogens with zero attached hydrogens (tertiary/aromatic N) is 5. The van der Waals surface area contributed by atoms with Crippen molar-refractivity contribution in [3.05, 3.63) is 57.9 Å². The average Bonchev–Trinajstić information content (AvgIpc) is 3.37. The van der Waals surface area contributed by atoms with Gasteiger partial charge in [-0.3, -0.25) is 15.0 Å². The highest BCUT2D eigenvalue weighted by Crippen LogP contribution is 2.31. The van der Waals surface area contributed by atoms with E-state index < -0.39 is 5.91 Å². The van der Waals surface area contributed by atoms with Gasteiger partial charge < -0.3 is 14.2 Å². The Labute approximate surface area is 214 Å². The Bertz CT molecular complexity index is 1380. The fourth-order valence-corrected chi connectivity index (χ4v) is 5.55. The third-order valence-corrected chi connectivity index (χ3v) is 7.43. The summed E-state index contributed by atoms with van der Waals surface area (Å²) >= 11 is 1.17. The number of hydrazone groups is 1. The number of carbonyl (C=O) groups excluding carboxylic acids is 2. The fraction of sp³-hybridized carbons (Fsp3) is 0.346. The van der Waals surface area contributed by atoms with Gasteiger partial charge in [-0.05, 0) is 68.8 Å². The molecule has 2 amide bonds. The van der Waals surface area contributed by atoms with Gasteiger partial charge in [0.15, 0.2) is 5.84 Å². The summed E-state index contributed by atoms with van der Waals surface area (Å²) in [6.07, 6.45) is 1.82. The molecule has 4 heterocycles. The van der Waals surface area contributed by atoms with E-state index >= 15 is 0 Å². The largest absolute Gasteiger partial charge is 0.378 e. The van der Waals surface area contributed by atoms with Gasteiger partial charge in [-0.15, -0.1) is 0 Å². The van der Waals surface area contributed by atoms with E-state index in [4.69, 9.17) is 10.1 Å². The van der Waals surface area contributed by atoms with Crippen LogP contribution in [-0.2, 0) is 14.3 Å². The molecule has 2 aromatic rings. The van der Waals surface area contributed by atoms with Gasteiger partial charge in [0, 0.05) is 30.2 Å².